The van der Waals surface area contributed by atoms with Crippen LogP contribution in [0.25, 0.3) is 16.6 Å². The second kappa shape index (κ2) is 11.0. The van der Waals surface area contributed by atoms with E-state index in [1.807, 2.05) is 4.90 Å². The molecule has 2 saturated heterocycles. The van der Waals surface area contributed by atoms with Gasteiger partial charge >= 0.3 is 0 Å². The summed E-state index contributed by atoms with van der Waals surface area (Å²) in [5.74, 6) is 0.260. The van der Waals surface area contributed by atoms with Gasteiger partial charge in [0.05, 0.1) is 11.1 Å². The number of rotatable bonds is 7. The lowest BCUT2D eigenvalue weighted by molar-refractivity contribution is 0.0948. The van der Waals surface area contributed by atoms with Crippen molar-refractivity contribution in [3.8, 4) is 17.2 Å². The van der Waals surface area contributed by atoms with Gasteiger partial charge in [-0.1, -0.05) is 25.4 Å². The fraction of sp³-hybridized carbons (Fsp3) is 0.467. The predicted octanol–water partition coefficient (Wildman–Crippen LogP) is 4.49. The largest absolute Gasteiger partial charge is 0.451 e. The maximum atomic E-state index is 15.9. The molecule has 10 heteroatoms. The average Bonchev–Trinajstić information content (AvgIpc) is 3.44. The van der Waals surface area contributed by atoms with Gasteiger partial charge in [-0.15, -0.1) is 0 Å². The number of nitrogens with zero attached hydrogens (tertiary/aromatic N) is 4. The van der Waals surface area contributed by atoms with E-state index < -0.39 is 17.2 Å². The Hall–Kier alpha value is -3.14. The van der Waals surface area contributed by atoms with E-state index in [9.17, 15) is 9.59 Å². The van der Waals surface area contributed by atoms with Crippen LogP contribution in [0, 0.1) is 11.7 Å². The second-order valence-corrected chi connectivity index (χ2v) is 11.8. The van der Waals surface area contributed by atoms with E-state index in [1.54, 1.807) is 29.0 Å². The van der Waals surface area contributed by atoms with Crippen LogP contribution in [0.5, 0.6) is 11.5 Å². The van der Waals surface area contributed by atoms with Gasteiger partial charge in [-0.05, 0) is 50.0 Å². The molecule has 8 nitrogen and oxygen atoms in total. The molecule has 1 amide bonds. The van der Waals surface area contributed by atoms with Crippen LogP contribution in [0.3, 0.4) is 0 Å². The van der Waals surface area contributed by atoms with Gasteiger partial charge in [0, 0.05) is 63.1 Å². The summed E-state index contributed by atoms with van der Waals surface area (Å²) in [5.41, 5.74) is 0.872. The van der Waals surface area contributed by atoms with Crippen molar-refractivity contribution >= 4 is 34.1 Å². The van der Waals surface area contributed by atoms with Gasteiger partial charge in [0.15, 0.2) is 17.3 Å². The predicted molar refractivity (Wildman–Crippen MR) is 156 cm³/mol. The molecule has 3 aliphatic rings. The molecule has 1 N–H and O–H groups in total. The highest BCUT2D eigenvalue weighted by atomic mass is 35.5. The van der Waals surface area contributed by atoms with Crippen molar-refractivity contribution < 1.29 is 13.9 Å². The summed E-state index contributed by atoms with van der Waals surface area (Å²) in [7, 11) is 0. The van der Waals surface area contributed by atoms with E-state index in [1.165, 1.54) is 18.9 Å². The van der Waals surface area contributed by atoms with Gasteiger partial charge in [0.2, 0.25) is 5.43 Å². The molecule has 40 heavy (non-hydrogen) atoms. The number of amides is 1. The Morgan fingerprint density at radius 3 is 2.55 bits per heavy atom. The number of hydrogen-bond donors (Lipinski definition) is 1. The molecule has 6 rings (SSSR count). The van der Waals surface area contributed by atoms with Gasteiger partial charge in [0.25, 0.3) is 5.91 Å². The molecule has 3 aliphatic heterocycles. The summed E-state index contributed by atoms with van der Waals surface area (Å²) in [4.78, 5) is 33.5. The Morgan fingerprint density at radius 2 is 1.82 bits per heavy atom. The standard InChI is InChI=1S/C30H35ClFN5O3/c1-19(2)17-35-11-13-36(14-12-35)27-23(32)16-21-26-29(27)40-25-15-20(31)5-6-24(25)37(26)18-22(28(21)38)30(39)33-7-10-34-8-3-4-9-34/h5-6,15-16,18-19H,3-4,7-14,17H2,1-2H3,(H,33,39). The molecule has 4 heterocycles. The van der Waals surface area contributed by atoms with Gasteiger partial charge in [-0.2, -0.15) is 0 Å². The van der Waals surface area contributed by atoms with E-state index in [2.05, 4.69) is 29.0 Å². The van der Waals surface area contributed by atoms with Gasteiger partial charge < -0.3 is 24.4 Å². The fourth-order valence-electron chi connectivity index (χ4n) is 6.14. The number of piperazine rings is 1. The highest BCUT2D eigenvalue weighted by Gasteiger charge is 2.32. The van der Waals surface area contributed by atoms with E-state index in [4.69, 9.17) is 16.3 Å². The molecule has 2 aromatic carbocycles. The molecular formula is C30H35ClFN5O3. The van der Waals surface area contributed by atoms with Crippen LogP contribution in [0.4, 0.5) is 10.1 Å². The van der Waals surface area contributed by atoms with Gasteiger partial charge in [-0.3, -0.25) is 14.5 Å². The summed E-state index contributed by atoms with van der Waals surface area (Å²) in [6.07, 6.45) is 3.88. The normalized spacial score (nSPS) is 17.4. The lowest BCUT2D eigenvalue weighted by Crippen LogP contribution is -2.47. The van der Waals surface area contributed by atoms with Crippen LogP contribution in [0.15, 0.2) is 35.3 Å². The number of anilines is 1. The average molecular weight is 568 g/mol. The number of ether oxygens (including phenoxy) is 1. The van der Waals surface area contributed by atoms with Crippen molar-refractivity contribution in [1.29, 1.82) is 0 Å². The first-order chi connectivity index (χ1) is 19.3. The van der Waals surface area contributed by atoms with Crippen molar-refractivity contribution in [1.82, 2.24) is 19.7 Å². The Labute approximate surface area is 238 Å². The lowest BCUT2D eigenvalue weighted by Gasteiger charge is -2.38. The third kappa shape index (κ3) is 5.06. The molecule has 0 unspecified atom stereocenters. The van der Waals surface area contributed by atoms with Crippen molar-refractivity contribution in [2.75, 3.05) is 63.8 Å². The maximum absolute atomic E-state index is 15.9. The summed E-state index contributed by atoms with van der Waals surface area (Å²) in [5, 5.41) is 3.48. The van der Waals surface area contributed by atoms with Crippen molar-refractivity contribution in [3.05, 3.63) is 57.1 Å². The molecule has 0 atom stereocenters. The van der Waals surface area contributed by atoms with E-state index in [0.29, 0.717) is 53.2 Å². The quantitative estimate of drug-likeness (QED) is 0.355. The third-order valence-electron chi connectivity index (χ3n) is 8.03. The van der Waals surface area contributed by atoms with Crippen LogP contribution in [0.2, 0.25) is 5.02 Å². The molecule has 0 aliphatic carbocycles. The Morgan fingerprint density at radius 1 is 1.07 bits per heavy atom. The monoisotopic (exact) mass is 567 g/mol. The summed E-state index contributed by atoms with van der Waals surface area (Å²) >= 11 is 6.30. The molecule has 3 aromatic rings. The number of fused-ring (bicyclic) bond motifs is 2. The van der Waals surface area contributed by atoms with Gasteiger partial charge in [-0.25, -0.2) is 4.39 Å². The number of carbonyl (C=O) groups excluding carboxylic acids is 1. The first-order valence-corrected chi connectivity index (χ1v) is 14.6. The number of aromatic nitrogens is 1. The van der Waals surface area contributed by atoms with E-state index in [-0.39, 0.29) is 16.7 Å². The Bertz CT molecular complexity index is 1510. The Balaban J connectivity index is 1.41. The topological polar surface area (TPSA) is 70.1 Å². The lowest BCUT2D eigenvalue weighted by atomic mass is 10.0. The number of halogens is 2. The third-order valence-corrected chi connectivity index (χ3v) is 8.27. The SMILES string of the molecule is CC(C)CN1CCN(c2c(F)cc3c(=O)c(C(=O)NCCN4CCCC4)cn4c3c2Oc2cc(Cl)ccc2-4)CC1. The number of carbonyl (C=O) groups is 1. The summed E-state index contributed by atoms with van der Waals surface area (Å²) in [6, 6.07) is 6.45. The Kier molecular flexibility index (Phi) is 7.46. The number of likely N-dealkylation sites (tertiary alicyclic amines) is 1. The highest BCUT2D eigenvalue weighted by molar-refractivity contribution is 6.30. The maximum Gasteiger partial charge on any atom is 0.256 e. The first-order valence-electron chi connectivity index (χ1n) is 14.2. The fourth-order valence-corrected chi connectivity index (χ4v) is 6.30. The van der Waals surface area contributed by atoms with Crippen molar-refractivity contribution in [2.45, 2.75) is 26.7 Å². The van der Waals surface area contributed by atoms with Crippen molar-refractivity contribution in [2.24, 2.45) is 5.92 Å². The zero-order valence-electron chi connectivity index (χ0n) is 23.0. The zero-order chi connectivity index (χ0) is 28.0. The highest BCUT2D eigenvalue weighted by Crippen LogP contribution is 2.47. The molecule has 212 valence electrons. The van der Waals surface area contributed by atoms with Crippen LogP contribution in [-0.2, 0) is 0 Å². The summed E-state index contributed by atoms with van der Waals surface area (Å²) < 4.78 is 24.0. The minimum absolute atomic E-state index is 0.0304. The molecule has 0 radical (unpaired) electrons. The minimum atomic E-state index is -0.541. The smallest absolute Gasteiger partial charge is 0.256 e. The summed E-state index contributed by atoms with van der Waals surface area (Å²) in [6.45, 7) is 11.5. The van der Waals surface area contributed by atoms with Crippen LogP contribution in [-0.4, -0.2) is 79.2 Å². The van der Waals surface area contributed by atoms with Crippen LogP contribution in [0.1, 0.15) is 37.0 Å². The number of pyridine rings is 1. The first kappa shape index (κ1) is 27.1. The zero-order valence-corrected chi connectivity index (χ0v) is 23.8. The number of nitrogens with one attached hydrogen (secondary N) is 1. The molecular weight excluding hydrogens is 533 g/mol. The molecule has 2 fully saturated rings. The van der Waals surface area contributed by atoms with E-state index in [0.717, 1.165) is 39.3 Å². The van der Waals surface area contributed by atoms with Crippen molar-refractivity contribution in [3.63, 3.8) is 0 Å². The molecule has 0 bridgehead atoms. The van der Waals surface area contributed by atoms with Crippen LogP contribution >= 0.6 is 11.6 Å². The van der Waals surface area contributed by atoms with Gasteiger partial charge in [0.1, 0.15) is 16.8 Å². The second-order valence-electron chi connectivity index (χ2n) is 11.4. The molecule has 0 saturated carbocycles. The number of benzene rings is 2. The minimum Gasteiger partial charge on any atom is -0.451 e. The van der Waals surface area contributed by atoms with Crippen LogP contribution < -0.4 is 20.4 Å². The molecule has 0 spiro atoms. The number of hydrogen-bond acceptors (Lipinski definition) is 6. The molecule has 1 aromatic heterocycles. The van der Waals surface area contributed by atoms with E-state index >= 15 is 4.39 Å².